The number of amides is 1. The summed E-state index contributed by atoms with van der Waals surface area (Å²) < 4.78 is 16.0. The number of hydrazone groups is 1. The first-order valence-electron chi connectivity index (χ1n) is 7.51. The topological polar surface area (TPSA) is 69.2 Å². The minimum absolute atomic E-state index is 0.381. The molecule has 6 nitrogen and oxygen atoms in total. The fourth-order valence-electron chi connectivity index (χ4n) is 2.04. The van der Waals surface area contributed by atoms with Gasteiger partial charge in [0.05, 0.1) is 20.4 Å². The van der Waals surface area contributed by atoms with E-state index in [4.69, 9.17) is 25.8 Å². The monoisotopic (exact) mass is 362 g/mol. The number of carbonyl (C=O) groups is 1. The average molecular weight is 363 g/mol. The molecule has 0 fully saturated rings. The van der Waals surface area contributed by atoms with Gasteiger partial charge in [-0.25, -0.2) is 5.43 Å². The molecule has 0 spiro atoms. The van der Waals surface area contributed by atoms with Crippen LogP contribution in [0.1, 0.15) is 12.5 Å². The van der Waals surface area contributed by atoms with Gasteiger partial charge in [-0.15, -0.1) is 0 Å². The number of benzene rings is 2. The molecule has 0 saturated carbocycles. The Morgan fingerprint density at radius 3 is 2.52 bits per heavy atom. The molecule has 2 aromatic rings. The molecule has 0 aromatic heterocycles. The van der Waals surface area contributed by atoms with E-state index in [0.717, 1.165) is 0 Å². The van der Waals surface area contributed by atoms with E-state index in [9.17, 15) is 4.79 Å². The van der Waals surface area contributed by atoms with Gasteiger partial charge >= 0.3 is 0 Å². The molecule has 2 rings (SSSR count). The number of nitrogens with one attached hydrogen (secondary N) is 1. The van der Waals surface area contributed by atoms with E-state index < -0.39 is 6.10 Å². The molecule has 1 amide bonds. The summed E-state index contributed by atoms with van der Waals surface area (Å²) in [6, 6.07) is 12.1. The maximum atomic E-state index is 12.1. The number of nitrogens with zero attached hydrogens (tertiary/aromatic N) is 1. The van der Waals surface area contributed by atoms with Crippen LogP contribution in [0.15, 0.2) is 47.6 Å². The summed E-state index contributed by atoms with van der Waals surface area (Å²) in [6.07, 6.45) is 0.763. The van der Waals surface area contributed by atoms with Gasteiger partial charge in [-0.05, 0) is 43.3 Å². The first-order valence-corrected chi connectivity index (χ1v) is 7.89. The zero-order valence-electron chi connectivity index (χ0n) is 14.2. The Hall–Kier alpha value is -2.73. The number of hydrogen-bond donors (Lipinski definition) is 1. The highest BCUT2D eigenvalue weighted by Gasteiger charge is 2.14. The number of carbonyl (C=O) groups excluding carboxylic acids is 1. The molecule has 25 heavy (non-hydrogen) atoms. The van der Waals surface area contributed by atoms with Crippen LogP contribution in [0.4, 0.5) is 0 Å². The van der Waals surface area contributed by atoms with Crippen molar-refractivity contribution >= 4 is 23.7 Å². The molecular weight excluding hydrogens is 344 g/mol. The number of ether oxygens (including phenoxy) is 3. The minimum atomic E-state index is -0.717. The van der Waals surface area contributed by atoms with Gasteiger partial charge in [0.2, 0.25) is 0 Å². The molecule has 1 atom stereocenters. The minimum Gasteiger partial charge on any atom is -0.493 e. The number of halogens is 1. The van der Waals surface area contributed by atoms with Crippen molar-refractivity contribution in [2.75, 3.05) is 14.2 Å². The van der Waals surface area contributed by atoms with E-state index in [0.29, 0.717) is 27.8 Å². The van der Waals surface area contributed by atoms with Crippen molar-refractivity contribution < 1.29 is 19.0 Å². The third kappa shape index (κ3) is 5.12. The first kappa shape index (κ1) is 18.6. The molecule has 0 bridgehead atoms. The van der Waals surface area contributed by atoms with Gasteiger partial charge in [-0.3, -0.25) is 4.79 Å². The second kappa shape index (κ2) is 8.94. The van der Waals surface area contributed by atoms with Crippen LogP contribution in [0.2, 0.25) is 5.02 Å². The Kier molecular flexibility index (Phi) is 6.65. The molecular formula is C18H19ClN2O4. The SMILES string of the molecule is COc1cccc(/C=N\NC(=O)[C@@H](C)Oc2ccc(Cl)cc2)c1OC. The van der Waals surface area contributed by atoms with Crippen LogP contribution >= 0.6 is 11.6 Å². The Labute approximate surface area is 151 Å². The fourth-order valence-corrected chi connectivity index (χ4v) is 2.17. The van der Waals surface area contributed by atoms with E-state index in [2.05, 4.69) is 10.5 Å². The quantitative estimate of drug-likeness (QED) is 0.606. The smallest absolute Gasteiger partial charge is 0.280 e. The van der Waals surface area contributed by atoms with Crippen molar-refractivity contribution in [3.8, 4) is 17.2 Å². The Morgan fingerprint density at radius 1 is 1.16 bits per heavy atom. The van der Waals surface area contributed by atoms with Crippen molar-refractivity contribution in [3.63, 3.8) is 0 Å². The van der Waals surface area contributed by atoms with Crippen molar-refractivity contribution in [2.45, 2.75) is 13.0 Å². The molecule has 2 aromatic carbocycles. The van der Waals surface area contributed by atoms with Gasteiger partial charge in [0.1, 0.15) is 5.75 Å². The van der Waals surface area contributed by atoms with Crippen LogP contribution in [0, 0.1) is 0 Å². The van der Waals surface area contributed by atoms with Gasteiger partial charge in [0.25, 0.3) is 5.91 Å². The Balaban J connectivity index is 1.97. The standard InChI is InChI=1S/C18H19ClN2O4/c1-12(25-15-9-7-14(19)8-10-15)18(22)21-20-11-13-5-4-6-16(23-2)17(13)24-3/h4-12H,1-3H3,(H,21,22)/b20-11-/t12-/m1/s1. The molecule has 0 aliphatic heterocycles. The predicted molar refractivity (Wildman–Crippen MR) is 96.8 cm³/mol. The molecule has 132 valence electrons. The average Bonchev–Trinajstić information content (AvgIpc) is 2.63. The number of rotatable bonds is 7. The second-order valence-corrected chi connectivity index (χ2v) is 5.47. The largest absolute Gasteiger partial charge is 0.493 e. The Bertz CT molecular complexity index is 747. The van der Waals surface area contributed by atoms with E-state index in [1.807, 2.05) is 0 Å². The van der Waals surface area contributed by atoms with Crippen molar-refractivity contribution in [2.24, 2.45) is 5.10 Å². The lowest BCUT2D eigenvalue weighted by Crippen LogP contribution is -2.33. The van der Waals surface area contributed by atoms with E-state index >= 15 is 0 Å². The lowest BCUT2D eigenvalue weighted by Gasteiger charge is -2.13. The highest BCUT2D eigenvalue weighted by Crippen LogP contribution is 2.29. The highest BCUT2D eigenvalue weighted by atomic mass is 35.5. The third-order valence-corrected chi connectivity index (χ3v) is 3.56. The molecule has 1 N–H and O–H groups in total. The molecule has 0 radical (unpaired) electrons. The second-order valence-electron chi connectivity index (χ2n) is 5.03. The highest BCUT2D eigenvalue weighted by molar-refractivity contribution is 6.30. The molecule has 7 heteroatoms. The molecule has 0 unspecified atom stereocenters. The van der Waals surface area contributed by atoms with Crippen molar-refractivity contribution in [3.05, 3.63) is 53.1 Å². The van der Waals surface area contributed by atoms with Gasteiger partial charge < -0.3 is 14.2 Å². The van der Waals surface area contributed by atoms with Crippen LogP contribution < -0.4 is 19.6 Å². The summed E-state index contributed by atoms with van der Waals surface area (Å²) in [4.78, 5) is 12.1. The summed E-state index contributed by atoms with van der Waals surface area (Å²) >= 11 is 5.81. The lowest BCUT2D eigenvalue weighted by atomic mass is 10.2. The van der Waals surface area contributed by atoms with Gasteiger partial charge in [0, 0.05) is 10.6 Å². The van der Waals surface area contributed by atoms with Crippen LogP contribution in [0.25, 0.3) is 0 Å². The first-order chi connectivity index (χ1) is 12.0. The van der Waals surface area contributed by atoms with E-state index in [-0.39, 0.29) is 5.91 Å². The van der Waals surface area contributed by atoms with Gasteiger partial charge in [0.15, 0.2) is 17.6 Å². The maximum absolute atomic E-state index is 12.1. The zero-order valence-corrected chi connectivity index (χ0v) is 14.9. The van der Waals surface area contributed by atoms with Crippen LogP contribution in [0.5, 0.6) is 17.2 Å². The van der Waals surface area contributed by atoms with Crippen LogP contribution in [-0.4, -0.2) is 32.4 Å². The van der Waals surface area contributed by atoms with E-state index in [1.54, 1.807) is 56.5 Å². The van der Waals surface area contributed by atoms with E-state index in [1.165, 1.54) is 13.3 Å². The summed E-state index contributed by atoms with van der Waals surface area (Å²) in [7, 11) is 3.09. The number of hydrogen-bond acceptors (Lipinski definition) is 5. The molecule has 0 saturated heterocycles. The fraction of sp³-hybridized carbons (Fsp3) is 0.222. The van der Waals surface area contributed by atoms with Crippen molar-refractivity contribution in [1.29, 1.82) is 0 Å². The third-order valence-electron chi connectivity index (χ3n) is 3.31. The van der Waals surface area contributed by atoms with Crippen LogP contribution in [-0.2, 0) is 4.79 Å². The van der Waals surface area contributed by atoms with Crippen molar-refractivity contribution in [1.82, 2.24) is 5.43 Å². The molecule has 0 aliphatic rings. The maximum Gasteiger partial charge on any atom is 0.280 e. The Morgan fingerprint density at radius 2 is 1.88 bits per heavy atom. The van der Waals surface area contributed by atoms with Gasteiger partial charge in [-0.2, -0.15) is 5.10 Å². The zero-order chi connectivity index (χ0) is 18.2. The summed E-state index contributed by atoms with van der Waals surface area (Å²) in [5.74, 6) is 1.28. The molecule has 0 aliphatic carbocycles. The molecule has 0 heterocycles. The number of para-hydroxylation sites is 1. The number of methoxy groups -OCH3 is 2. The van der Waals surface area contributed by atoms with Gasteiger partial charge in [-0.1, -0.05) is 17.7 Å². The normalized spacial score (nSPS) is 11.8. The lowest BCUT2D eigenvalue weighted by molar-refractivity contribution is -0.127. The predicted octanol–water partition coefficient (Wildman–Crippen LogP) is 3.27. The summed E-state index contributed by atoms with van der Waals surface area (Å²) in [5.41, 5.74) is 3.11. The summed E-state index contributed by atoms with van der Waals surface area (Å²) in [5, 5.41) is 4.54. The van der Waals surface area contributed by atoms with Crippen LogP contribution in [0.3, 0.4) is 0 Å². The summed E-state index contributed by atoms with van der Waals surface area (Å²) in [6.45, 7) is 1.63.